The summed E-state index contributed by atoms with van der Waals surface area (Å²) in [6.07, 6.45) is 0.888. The number of rotatable bonds is 7. The van der Waals surface area contributed by atoms with E-state index in [2.05, 4.69) is 10.6 Å². The summed E-state index contributed by atoms with van der Waals surface area (Å²) in [6, 6.07) is 22.4. The van der Waals surface area contributed by atoms with Crippen LogP contribution in [0.4, 0.5) is 17.1 Å². The minimum absolute atomic E-state index is 0.122. The van der Waals surface area contributed by atoms with Crippen molar-refractivity contribution in [3.8, 4) is 11.5 Å². The lowest BCUT2D eigenvalue weighted by Crippen LogP contribution is -2.24. The summed E-state index contributed by atoms with van der Waals surface area (Å²) in [6.45, 7) is 2.65. The number of benzene rings is 3. The van der Waals surface area contributed by atoms with Crippen LogP contribution in [0.5, 0.6) is 11.5 Å². The molecule has 5 heteroatoms. The maximum Gasteiger partial charge on any atom is 0.251 e. The van der Waals surface area contributed by atoms with Gasteiger partial charge in [-0.15, -0.1) is 0 Å². The van der Waals surface area contributed by atoms with E-state index < -0.39 is 0 Å². The Morgan fingerprint density at radius 2 is 1.70 bits per heavy atom. The van der Waals surface area contributed by atoms with E-state index in [4.69, 9.17) is 10.5 Å². The van der Waals surface area contributed by atoms with Crippen LogP contribution in [0.25, 0.3) is 0 Å². The van der Waals surface area contributed by atoms with E-state index in [9.17, 15) is 4.79 Å². The number of nitrogens with two attached hydrogens (primary N) is 1. The Kier molecular flexibility index (Phi) is 5.94. The minimum atomic E-state index is -0.122. The molecule has 0 radical (unpaired) electrons. The normalized spacial score (nSPS) is 10.3. The number of hydrogen-bond donors (Lipinski definition) is 3. The summed E-state index contributed by atoms with van der Waals surface area (Å²) in [5.41, 5.74) is 8.69. The van der Waals surface area contributed by atoms with Crippen LogP contribution in [0.3, 0.4) is 0 Å². The zero-order chi connectivity index (χ0) is 19.1. The molecular weight excluding hydrogens is 338 g/mol. The van der Waals surface area contributed by atoms with Gasteiger partial charge in [-0.25, -0.2) is 0 Å². The van der Waals surface area contributed by atoms with Crippen LogP contribution in [-0.2, 0) is 0 Å². The van der Waals surface area contributed by atoms with E-state index in [1.165, 1.54) is 0 Å². The summed E-state index contributed by atoms with van der Waals surface area (Å²) < 4.78 is 5.96. The Balaban J connectivity index is 1.78. The van der Waals surface area contributed by atoms with Gasteiger partial charge in [-0.1, -0.05) is 37.3 Å². The molecule has 0 atom stereocenters. The third-order valence-corrected chi connectivity index (χ3v) is 3.98. The van der Waals surface area contributed by atoms with E-state index in [-0.39, 0.29) is 5.91 Å². The van der Waals surface area contributed by atoms with Crippen LogP contribution >= 0.6 is 0 Å². The third-order valence-electron chi connectivity index (χ3n) is 3.98. The second-order valence-corrected chi connectivity index (χ2v) is 6.09. The van der Waals surface area contributed by atoms with Crippen molar-refractivity contribution in [2.45, 2.75) is 13.3 Å². The molecule has 1 amide bonds. The van der Waals surface area contributed by atoms with E-state index in [1.807, 2.05) is 61.5 Å². The number of para-hydroxylation sites is 3. The standard InChI is InChI=1S/C22H23N3O2/c1-2-14-24-22(26)16-12-13-19(18(23)15-16)25-20-10-6-7-11-21(20)27-17-8-4-3-5-9-17/h3-13,15,25H,2,14,23H2,1H3,(H,24,26). The molecule has 0 aliphatic carbocycles. The van der Waals surface area contributed by atoms with Crippen molar-refractivity contribution in [3.05, 3.63) is 78.4 Å². The van der Waals surface area contributed by atoms with Gasteiger partial charge in [0.15, 0.2) is 5.75 Å². The first-order valence-electron chi connectivity index (χ1n) is 8.94. The molecule has 27 heavy (non-hydrogen) atoms. The first kappa shape index (κ1) is 18.3. The Morgan fingerprint density at radius 3 is 2.44 bits per heavy atom. The molecule has 0 aliphatic rings. The highest BCUT2D eigenvalue weighted by molar-refractivity contribution is 5.96. The fourth-order valence-corrected chi connectivity index (χ4v) is 2.58. The van der Waals surface area contributed by atoms with Crippen molar-refractivity contribution in [3.63, 3.8) is 0 Å². The Bertz CT molecular complexity index is 910. The van der Waals surface area contributed by atoms with Crippen LogP contribution in [0.1, 0.15) is 23.7 Å². The van der Waals surface area contributed by atoms with Crippen molar-refractivity contribution in [1.29, 1.82) is 0 Å². The number of carbonyl (C=O) groups is 1. The number of anilines is 3. The number of ether oxygens (including phenoxy) is 1. The number of nitrogens with one attached hydrogen (secondary N) is 2. The van der Waals surface area contributed by atoms with Gasteiger partial charge in [-0.05, 0) is 48.9 Å². The summed E-state index contributed by atoms with van der Waals surface area (Å²) in [4.78, 5) is 12.1. The Labute approximate surface area is 159 Å². The quantitative estimate of drug-likeness (QED) is 0.521. The summed E-state index contributed by atoms with van der Waals surface area (Å²) in [5, 5.41) is 6.14. The molecule has 3 aromatic carbocycles. The van der Waals surface area contributed by atoms with E-state index in [0.29, 0.717) is 29.2 Å². The topological polar surface area (TPSA) is 76.4 Å². The molecule has 0 aromatic heterocycles. The maximum absolute atomic E-state index is 12.1. The van der Waals surface area contributed by atoms with Gasteiger partial charge >= 0.3 is 0 Å². The SMILES string of the molecule is CCCNC(=O)c1ccc(Nc2ccccc2Oc2ccccc2)c(N)c1. The predicted octanol–water partition coefficient (Wildman–Crippen LogP) is 4.94. The van der Waals surface area contributed by atoms with Crippen LogP contribution in [0.2, 0.25) is 0 Å². The highest BCUT2D eigenvalue weighted by Gasteiger charge is 2.10. The molecule has 0 saturated heterocycles. The minimum Gasteiger partial charge on any atom is -0.455 e. The fraction of sp³-hybridized carbons (Fsp3) is 0.136. The second kappa shape index (κ2) is 8.76. The zero-order valence-corrected chi connectivity index (χ0v) is 15.2. The smallest absolute Gasteiger partial charge is 0.251 e. The second-order valence-electron chi connectivity index (χ2n) is 6.09. The van der Waals surface area contributed by atoms with Crippen molar-refractivity contribution in [2.24, 2.45) is 0 Å². The number of carbonyl (C=O) groups excluding carboxylic acids is 1. The largest absolute Gasteiger partial charge is 0.455 e. The highest BCUT2D eigenvalue weighted by atomic mass is 16.5. The molecular formula is C22H23N3O2. The Hall–Kier alpha value is -3.47. The van der Waals surface area contributed by atoms with Gasteiger partial charge in [0, 0.05) is 12.1 Å². The zero-order valence-electron chi connectivity index (χ0n) is 15.2. The molecule has 0 aliphatic heterocycles. The summed E-state index contributed by atoms with van der Waals surface area (Å²) in [7, 11) is 0. The fourth-order valence-electron chi connectivity index (χ4n) is 2.58. The third kappa shape index (κ3) is 4.79. The van der Waals surface area contributed by atoms with Crippen LogP contribution in [-0.4, -0.2) is 12.5 Å². The van der Waals surface area contributed by atoms with Crippen molar-refractivity contribution in [2.75, 3.05) is 17.6 Å². The lowest BCUT2D eigenvalue weighted by molar-refractivity contribution is 0.0953. The monoisotopic (exact) mass is 361 g/mol. The molecule has 3 aromatic rings. The predicted molar refractivity (Wildman–Crippen MR) is 110 cm³/mol. The van der Waals surface area contributed by atoms with Crippen molar-refractivity contribution < 1.29 is 9.53 Å². The van der Waals surface area contributed by atoms with Crippen molar-refractivity contribution in [1.82, 2.24) is 5.32 Å². The van der Waals surface area contributed by atoms with Gasteiger partial charge in [0.1, 0.15) is 5.75 Å². The Morgan fingerprint density at radius 1 is 0.963 bits per heavy atom. The molecule has 5 nitrogen and oxygen atoms in total. The molecule has 0 saturated carbocycles. The van der Waals surface area contributed by atoms with Crippen LogP contribution in [0, 0.1) is 0 Å². The molecule has 0 bridgehead atoms. The van der Waals surface area contributed by atoms with Crippen molar-refractivity contribution >= 4 is 23.0 Å². The maximum atomic E-state index is 12.1. The molecule has 0 spiro atoms. The molecule has 0 fully saturated rings. The molecule has 0 heterocycles. The van der Waals surface area contributed by atoms with Crippen LogP contribution < -0.4 is 21.1 Å². The van der Waals surface area contributed by atoms with Gasteiger partial charge in [0.05, 0.1) is 17.1 Å². The number of hydrogen-bond acceptors (Lipinski definition) is 4. The molecule has 138 valence electrons. The van der Waals surface area contributed by atoms with Gasteiger partial charge in [-0.3, -0.25) is 4.79 Å². The highest BCUT2D eigenvalue weighted by Crippen LogP contribution is 2.33. The first-order chi connectivity index (χ1) is 13.2. The van der Waals surface area contributed by atoms with E-state index >= 15 is 0 Å². The first-order valence-corrected chi connectivity index (χ1v) is 8.94. The van der Waals surface area contributed by atoms with Gasteiger partial charge in [0.2, 0.25) is 0 Å². The van der Waals surface area contributed by atoms with Gasteiger partial charge in [0.25, 0.3) is 5.91 Å². The van der Waals surface area contributed by atoms with E-state index in [0.717, 1.165) is 17.9 Å². The summed E-state index contributed by atoms with van der Waals surface area (Å²) in [5.74, 6) is 1.32. The molecule has 0 unspecified atom stereocenters. The van der Waals surface area contributed by atoms with Gasteiger partial charge in [-0.2, -0.15) is 0 Å². The molecule has 3 rings (SSSR count). The molecule has 4 N–H and O–H groups in total. The van der Waals surface area contributed by atoms with E-state index in [1.54, 1.807) is 18.2 Å². The number of nitrogen functional groups attached to an aromatic ring is 1. The summed E-state index contributed by atoms with van der Waals surface area (Å²) >= 11 is 0. The van der Waals surface area contributed by atoms with Gasteiger partial charge < -0.3 is 21.1 Å². The lowest BCUT2D eigenvalue weighted by Gasteiger charge is -2.15. The number of amides is 1. The average molecular weight is 361 g/mol. The average Bonchev–Trinajstić information content (AvgIpc) is 2.70. The van der Waals surface area contributed by atoms with Crippen LogP contribution in [0.15, 0.2) is 72.8 Å². The lowest BCUT2D eigenvalue weighted by atomic mass is 10.1.